The number of benzene rings is 1. The van der Waals surface area contributed by atoms with Crippen molar-refractivity contribution < 1.29 is 23.8 Å². The van der Waals surface area contributed by atoms with Crippen molar-refractivity contribution in [1.29, 1.82) is 0 Å². The smallest absolute Gasteiger partial charge is 0.305 e. The summed E-state index contributed by atoms with van der Waals surface area (Å²) in [5, 5.41) is 9.97. The van der Waals surface area contributed by atoms with Crippen LogP contribution in [0.3, 0.4) is 0 Å². The van der Waals surface area contributed by atoms with E-state index in [1.807, 2.05) is 26.0 Å². The van der Waals surface area contributed by atoms with Gasteiger partial charge in [-0.3, -0.25) is 9.59 Å². The normalized spacial score (nSPS) is 15.3. The van der Waals surface area contributed by atoms with E-state index in [0.717, 1.165) is 40.5 Å². The number of ether oxygens (including phenoxy) is 1. The zero-order valence-corrected chi connectivity index (χ0v) is 15.3. The van der Waals surface area contributed by atoms with Crippen LogP contribution in [0.2, 0.25) is 0 Å². The van der Waals surface area contributed by atoms with Crippen LogP contribution in [-0.4, -0.2) is 47.7 Å². The molecule has 1 amide bonds. The summed E-state index contributed by atoms with van der Waals surface area (Å²) in [6.45, 7) is 5.51. The highest BCUT2D eigenvalue weighted by atomic mass is 16.5. The van der Waals surface area contributed by atoms with Crippen molar-refractivity contribution in [3.05, 3.63) is 35.1 Å². The fourth-order valence-corrected chi connectivity index (χ4v) is 3.46. The number of aryl methyl sites for hydroxylation is 2. The van der Waals surface area contributed by atoms with Gasteiger partial charge in [0.1, 0.15) is 5.58 Å². The second-order valence-corrected chi connectivity index (χ2v) is 6.94. The van der Waals surface area contributed by atoms with E-state index < -0.39 is 5.97 Å². The average molecular weight is 359 g/mol. The van der Waals surface area contributed by atoms with Crippen LogP contribution in [0, 0.1) is 13.8 Å². The van der Waals surface area contributed by atoms with E-state index in [-0.39, 0.29) is 31.3 Å². The molecule has 1 aromatic heterocycles. The van der Waals surface area contributed by atoms with Gasteiger partial charge in [0.15, 0.2) is 0 Å². The first kappa shape index (κ1) is 18.5. The van der Waals surface area contributed by atoms with Crippen LogP contribution < -0.4 is 0 Å². The van der Waals surface area contributed by atoms with Crippen LogP contribution in [0.25, 0.3) is 11.0 Å². The molecule has 0 bridgehead atoms. The van der Waals surface area contributed by atoms with E-state index in [0.29, 0.717) is 13.2 Å². The van der Waals surface area contributed by atoms with Gasteiger partial charge in [-0.15, -0.1) is 0 Å². The highest BCUT2D eigenvalue weighted by molar-refractivity contribution is 5.88. The first-order chi connectivity index (χ1) is 12.5. The van der Waals surface area contributed by atoms with Gasteiger partial charge in [0.2, 0.25) is 5.91 Å². The molecule has 140 valence electrons. The Balaban J connectivity index is 1.80. The molecule has 2 heterocycles. The Labute approximate surface area is 152 Å². The molecule has 0 unspecified atom stereocenters. The number of fused-ring (bicyclic) bond motifs is 1. The summed E-state index contributed by atoms with van der Waals surface area (Å²) >= 11 is 0. The topological polar surface area (TPSA) is 80.0 Å². The van der Waals surface area contributed by atoms with Crippen LogP contribution in [0.15, 0.2) is 22.8 Å². The molecule has 1 saturated heterocycles. The molecule has 1 aliphatic rings. The van der Waals surface area contributed by atoms with Crippen LogP contribution in [0.1, 0.15) is 36.0 Å². The van der Waals surface area contributed by atoms with Crippen LogP contribution in [0.4, 0.5) is 0 Å². The number of furan rings is 1. The minimum absolute atomic E-state index is 0.0396. The van der Waals surface area contributed by atoms with Gasteiger partial charge in [-0.05, 0) is 49.9 Å². The van der Waals surface area contributed by atoms with Crippen LogP contribution >= 0.6 is 0 Å². The number of carboxylic acid groups (broad SMARTS) is 1. The van der Waals surface area contributed by atoms with Crippen molar-refractivity contribution in [1.82, 2.24) is 4.90 Å². The highest BCUT2D eigenvalue weighted by Gasteiger charge is 2.27. The molecule has 1 aromatic carbocycles. The summed E-state index contributed by atoms with van der Waals surface area (Å²) in [7, 11) is 0. The summed E-state index contributed by atoms with van der Waals surface area (Å²) in [6, 6.07) is 4.07. The maximum Gasteiger partial charge on any atom is 0.305 e. The Hall–Kier alpha value is -2.34. The Morgan fingerprint density at radius 3 is 2.58 bits per heavy atom. The summed E-state index contributed by atoms with van der Waals surface area (Å²) < 4.78 is 11.0. The predicted octanol–water partition coefficient (Wildman–Crippen LogP) is 3.07. The molecule has 6 heteroatoms. The number of rotatable bonds is 6. The Bertz CT molecular complexity index is 804. The van der Waals surface area contributed by atoms with Crippen LogP contribution in [-0.2, 0) is 20.7 Å². The minimum Gasteiger partial charge on any atom is -0.481 e. The molecule has 2 aromatic rings. The zero-order chi connectivity index (χ0) is 18.7. The Kier molecular flexibility index (Phi) is 5.61. The van der Waals surface area contributed by atoms with Crippen molar-refractivity contribution in [3.63, 3.8) is 0 Å². The van der Waals surface area contributed by atoms with Crippen molar-refractivity contribution in [2.24, 2.45) is 0 Å². The van der Waals surface area contributed by atoms with E-state index in [1.165, 1.54) is 0 Å². The monoisotopic (exact) mass is 359 g/mol. The van der Waals surface area contributed by atoms with Gasteiger partial charge in [0, 0.05) is 36.8 Å². The number of aliphatic carboxylic acids is 1. The van der Waals surface area contributed by atoms with Crippen molar-refractivity contribution in [2.75, 3.05) is 19.8 Å². The van der Waals surface area contributed by atoms with Gasteiger partial charge in [-0.1, -0.05) is 0 Å². The van der Waals surface area contributed by atoms with Gasteiger partial charge in [-0.2, -0.15) is 0 Å². The molecule has 0 saturated carbocycles. The molecule has 26 heavy (non-hydrogen) atoms. The predicted molar refractivity (Wildman–Crippen MR) is 97.2 cm³/mol. The maximum absolute atomic E-state index is 13.0. The van der Waals surface area contributed by atoms with Gasteiger partial charge in [-0.25, -0.2) is 0 Å². The first-order valence-corrected chi connectivity index (χ1v) is 9.02. The fourth-order valence-electron chi connectivity index (χ4n) is 3.46. The van der Waals surface area contributed by atoms with Crippen molar-refractivity contribution >= 4 is 22.8 Å². The number of hydrogen-bond donors (Lipinski definition) is 1. The van der Waals surface area contributed by atoms with E-state index in [4.69, 9.17) is 14.3 Å². The SMILES string of the molecule is Cc1cc2occ(CC(=O)N(CCC(=O)O)C3CCOCC3)c2cc1C. The maximum atomic E-state index is 13.0. The van der Waals surface area contributed by atoms with Gasteiger partial charge >= 0.3 is 5.97 Å². The van der Waals surface area contributed by atoms with Gasteiger partial charge < -0.3 is 19.2 Å². The molecular weight excluding hydrogens is 334 g/mol. The van der Waals surface area contributed by atoms with E-state index >= 15 is 0 Å². The third-order valence-electron chi connectivity index (χ3n) is 5.13. The lowest BCUT2D eigenvalue weighted by Crippen LogP contribution is -2.45. The molecule has 0 aliphatic carbocycles. The average Bonchev–Trinajstić information content (AvgIpc) is 2.98. The number of hydrogen-bond acceptors (Lipinski definition) is 4. The van der Waals surface area contributed by atoms with E-state index in [2.05, 4.69) is 0 Å². The molecule has 6 nitrogen and oxygen atoms in total. The number of carbonyl (C=O) groups is 2. The largest absolute Gasteiger partial charge is 0.481 e. The number of nitrogens with zero attached hydrogens (tertiary/aromatic N) is 1. The standard InChI is InChI=1S/C20H25NO5/c1-13-9-17-15(12-26-18(17)10-14(13)2)11-19(22)21(6-3-20(23)24)16-4-7-25-8-5-16/h9-10,12,16H,3-8,11H2,1-2H3,(H,23,24). The van der Waals surface area contributed by atoms with Gasteiger partial charge in [0.25, 0.3) is 0 Å². The summed E-state index contributed by atoms with van der Waals surface area (Å²) in [5.41, 5.74) is 3.93. The summed E-state index contributed by atoms with van der Waals surface area (Å²) in [5.74, 6) is -0.950. The van der Waals surface area contributed by atoms with Crippen molar-refractivity contribution in [2.45, 2.75) is 45.6 Å². The summed E-state index contributed by atoms with van der Waals surface area (Å²) in [6.07, 6.45) is 3.30. The third kappa shape index (κ3) is 4.07. The fraction of sp³-hybridized carbons (Fsp3) is 0.500. The lowest BCUT2D eigenvalue weighted by molar-refractivity contribution is -0.140. The highest BCUT2D eigenvalue weighted by Crippen LogP contribution is 2.26. The molecule has 1 aliphatic heterocycles. The van der Waals surface area contributed by atoms with Gasteiger partial charge in [0.05, 0.1) is 19.1 Å². The van der Waals surface area contributed by atoms with Crippen molar-refractivity contribution in [3.8, 4) is 0 Å². The first-order valence-electron chi connectivity index (χ1n) is 9.02. The lowest BCUT2D eigenvalue weighted by Gasteiger charge is -2.34. The Morgan fingerprint density at radius 2 is 1.88 bits per heavy atom. The minimum atomic E-state index is -0.894. The molecule has 1 fully saturated rings. The van der Waals surface area contributed by atoms with E-state index in [1.54, 1.807) is 11.2 Å². The molecular formula is C20H25NO5. The molecule has 0 atom stereocenters. The number of carboxylic acids is 1. The molecule has 1 N–H and O–H groups in total. The summed E-state index contributed by atoms with van der Waals surface area (Å²) in [4.78, 5) is 25.7. The van der Waals surface area contributed by atoms with E-state index in [9.17, 15) is 9.59 Å². The Morgan fingerprint density at radius 1 is 1.19 bits per heavy atom. The van der Waals surface area contributed by atoms with Crippen LogP contribution in [0.5, 0.6) is 0 Å². The number of amides is 1. The quantitative estimate of drug-likeness (QED) is 0.857. The number of carbonyl (C=O) groups excluding carboxylic acids is 1. The lowest BCUT2D eigenvalue weighted by atomic mass is 10.0. The molecule has 3 rings (SSSR count). The molecule has 0 radical (unpaired) electrons. The second-order valence-electron chi connectivity index (χ2n) is 6.94. The second kappa shape index (κ2) is 7.91. The molecule has 0 spiro atoms. The zero-order valence-electron chi connectivity index (χ0n) is 15.3. The third-order valence-corrected chi connectivity index (χ3v) is 5.13.